The maximum Gasteiger partial charge on any atom is 0.243 e. The van der Waals surface area contributed by atoms with Crippen molar-refractivity contribution in [1.29, 1.82) is 0 Å². The minimum absolute atomic E-state index is 0.154. The van der Waals surface area contributed by atoms with Gasteiger partial charge in [-0.25, -0.2) is 18.4 Å². The summed E-state index contributed by atoms with van der Waals surface area (Å²) < 4.78 is 31.7. The van der Waals surface area contributed by atoms with Gasteiger partial charge in [0.15, 0.2) is 0 Å². The van der Waals surface area contributed by atoms with Crippen molar-refractivity contribution in [2.75, 3.05) is 13.1 Å². The summed E-state index contributed by atoms with van der Waals surface area (Å²) in [6.45, 7) is 0.540. The number of nitrogens with zero attached hydrogens (tertiary/aromatic N) is 5. The molecule has 25 heavy (non-hydrogen) atoms. The lowest BCUT2D eigenvalue weighted by atomic mass is 10.0. The van der Waals surface area contributed by atoms with Gasteiger partial charge in [0.25, 0.3) is 0 Å². The Bertz CT molecular complexity index is 1000. The van der Waals surface area contributed by atoms with Crippen LogP contribution in [0.5, 0.6) is 0 Å². The third-order valence-corrected chi connectivity index (χ3v) is 5.90. The van der Waals surface area contributed by atoms with Crippen LogP contribution in [-0.4, -0.2) is 45.9 Å². The molecule has 1 fully saturated rings. The van der Waals surface area contributed by atoms with Crippen molar-refractivity contribution in [3.8, 4) is 11.6 Å². The molecule has 8 nitrogen and oxygen atoms in total. The van der Waals surface area contributed by atoms with Crippen molar-refractivity contribution in [3.63, 3.8) is 0 Å². The molecule has 10 heteroatoms. The van der Waals surface area contributed by atoms with Gasteiger partial charge in [0.2, 0.25) is 27.6 Å². The van der Waals surface area contributed by atoms with E-state index < -0.39 is 10.0 Å². The van der Waals surface area contributed by atoms with Crippen LogP contribution in [0.3, 0.4) is 0 Å². The fraction of sp³-hybridized carbons (Fsp3) is 0.200. The summed E-state index contributed by atoms with van der Waals surface area (Å²) in [5, 5.41) is 4.23. The zero-order valence-electron chi connectivity index (χ0n) is 12.8. The molecule has 1 aliphatic rings. The first-order chi connectivity index (χ1) is 12.0. The summed E-state index contributed by atoms with van der Waals surface area (Å²) in [5.74, 6) is 0.867. The van der Waals surface area contributed by atoms with Crippen LogP contribution in [0.25, 0.3) is 11.6 Å². The van der Waals surface area contributed by atoms with Crippen LogP contribution in [0.1, 0.15) is 11.8 Å². The lowest BCUT2D eigenvalue weighted by Crippen LogP contribution is -2.48. The Labute approximate surface area is 148 Å². The Kier molecular flexibility index (Phi) is 3.98. The average Bonchev–Trinajstić information content (AvgIpc) is 3.04. The van der Waals surface area contributed by atoms with Crippen LogP contribution in [-0.2, 0) is 10.0 Å². The van der Waals surface area contributed by atoms with Crippen LogP contribution < -0.4 is 0 Å². The molecule has 0 atom stereocenters. The van der Waals surface area contributed by atoms with Gasteiger partial charge in [0, 0.05) is 30.5 Å². The molecule has 0 bridgehead atoms. The Morgan fingerprint density at radius 2 is 1.88 bits per heavy atom. The SMILES string of the molecule is O=S(=O)(c1cccc(Cl)c1)N1CC(c2nc(-c3ncccn3)no2)C1. The molecule has 1 aliphatic heterocycles. The number of aromatic nitrogens is 4. The highest BCUT2D eigenvalue weighted by atomic mass is 35.5. The van der Waals surface area contributed by atoms with Gasteiger partial charge < -0.3 is 4.52 Å². The number of rotatable bonds is 4. The highest BCUT2D eigenvalue weighted by molar-refractivity contribution is 7.89. The minimum atomic E-state index is -3.58. The summed E-state index contributed by atoms with van der Waals surface area (Å²) in [4.78, 5) is 12.5. The van der Waals surface area contributed by atoms with Crippen LogP contribution in [0.4, 0.5) is 0 Å². The molecular formula is C15H12ClN5O3S. The van der Waals surface area contributed by atoms with Gasteiger partial charge >= 0.3 is 0 Å². The zero-order valence-corrected chi connectivity index (χ0v) is 14.4. The highest BCUT2D eigenvalue weighted by Crippen LogP contribution is 2.32. The molecule has 0 saturated carbocycles. The maximum absolute atomic E-state index is 12.6. The van der Waals surface area contributed by atoms with Gasteiger partial charge in [-0.1, -0.05) is 22.8 Å². The van der Waals surface area contributed by atoms with E-state index in [1.807, 2.05) is 0 Å². The molecule has 1 saturated heterocycles. The smallest absolute Gasteiger partial charge is 0.243 e. The molecule has 1 aromatic carbocycles. The first-order valence-corrected chi connectivity index (χ1v) is 9.22. The van der Waals surface area contributed by atoms with E-state index in [0.717, 1.165) is 0 Å². The van der Waals surface area contributed by atoms with E-state index in [4.69, 9.17) is 16.1 Å². The topological polar surface area (TPSA) is 102 Å². The molecule has 3 aromatic rings. The van der Waals surface area contributed by atoms with E-state index in [2.05, 4.69) is 20.1 Å². The summed E-state index contributed by atoms with van der Waals surface area (Å²) in [5.41, 5.74) is 0. The fourth-order valence-corrected chi connectivity index (χ4v) is 4.31. The summed E-state index contributed by atoms with van der Waals surface area (Å²) in [7, 11) is -3.58. The van der Waals surface area contributed by atoms with E-state index in [1.165, 1.54) is 16.4 Å². The highest BCUT2D eigenvalue weighted by Gasteiger charge is 2.40. The fourth-order valence-electron chi connectivity index (χ4n) is 2.47. The number of hydrogen-bond donors (Lipinski definition) is 0. The van der Waals surface area contributed by atoms with Gasteiger partial charge in [-0.05, 0) is 24.3 Å². The second-order valence-electron chi connectivity index (χ2n) is 5.50. The quantitative estimate of drug-likeness (QED) is 0.684. The largest absolute Gasteiger partial charge is 0.338 e. The Morgan fingerprint density at radius 1 is 1.12 bits per heavy atom. The summed E-state index contributed by atoms with van der Waals surface area (Å²) >= 11 is 5.87. The van der Waals surface area contributed by atoms with Gasteiger partial charge in [-0.15, -0.1) is 0 Å². The summed E-state index contributed by atoms with van der Waals surface area (Å²) in [6, 6.07) is 7.88. The van der Waals surface area contributed by atoms with E-state index >= 15 is 0 Å². The van der Waals surface area contributed by atoms with Crippen molar-refractivity contribution in [2.24, 2.45) is 0 Å². The van der Waals surface area contributed by atoms with Gasteiger partial charge in [0.05, 0.1) is 10.8 Å². The Morgan fingerprint density at radius 3 is 2.60 bits per heavy atom. The number of hydrogen-bond acceptors (Lipinski definition) is 7. The molecule has 0 radical (unpaired) electrons. The van der Waals surface area contributed by atoms with Crippen LogP contribution in [0.15, 0.2) is 52.1 Å². The van der Waals surface area contributed by atoms with Crippen molar-refractivity contribution >= 4 is 21.6 Å². The van der Waals surface area contributed by atoms with E-state index in [-0.39, 0.29) is 29.7 Å². The second-order valence-corrected chi connectivity index (χ2v) is 7.88. The predicted molar refractivity (Wildman–Crippen MR) is 88.3 cm³/mol. The van der Waals surface area contributed by atoms with E-state index in [9.17, 15) is 8.42 Å². The van der Waals surface area contributed by atoms with Crippen molar-refractivity contribution in [2.45, 2.75) is 10.8 Å². The molecule has 4 rings (SSSR count). The van der Waals surface area contributed by atoms with Gasteiger partial charge in [0.1, 0.15) is 0 Å². The number of halogens is 1. The van der Waals surface area contributed by atoms with Crippen molar-refractivity contribution in [3.05, 3.63) is 53.6 Å². The number of benzene rings is 1. The van der Waals surface area contributed by atoms with Crippen molar-refractivity contribution < 1.29 is 12.9 Å². The Balaban J connectivity index is 1.48. The second kappa shape index (κ2) is 6.17. The molecular weight excluding hydrogens is 366 g/mol. The Hall–Kier alpha value is -2.36. The van der Waals surface area contributed by atoms with Gasteiger partial charge in [-0.2, -0.15) is 9.29 Å². The summed E-state index contributed by atoms with van der Waals surface area (Å²) in [6.07, 6.45) is 3.17. The zero-order chi connectivity index (χ0) is 17.4. The van der Waals surface area contributed by atoms with Crippen LogP contribution >= 0.6 is 11.6 Å². The molecule has 2 aromatic heterocycles. The van der Waals surface area contributed by atoms with Gasteiger partial charge in [-0.3, -0.25) is 0 Å². The van der Waals surface area contributed by atoms with Crippen LogP contribution in [0.2, 0.25) is 5.02 Å². The van der Waals surface area contributed by atoms with E-state index in [1.54, 1.807) is 30.6 Å². The maximum atomic E-state index is 12.6. The third kappa shape index (κ3) is 3.01. The normalized spacial score (nSPS) is 15.9. The lowest BCUT2D eigenvalue weighted by molar-refractivity contribution is 0.217. The molecule has 3 heterocycles. The van der Waals surface area contributed by atoms with Crippen molar-refractivity contribution in [1.82, 2.24) is 24.4 Å². The van der Waals surface area contributed by atoms with E-state index in [0.29, 0.717) is 16.7 Å². The van der Waals surface area contributed by atoms with Crippen LogP contribution in [0, 0.1) is 0 Å². The first-order valence-electron chi connectivity index (χ1n) is 7.41. The molecule has 0 aliphatic carbocycles. The first kappa shape index (κ1) is 16.1. The third-order valence-electron chi connectivity index (χ3n) is 3.84. The molecule has 0 amide bonds. The average molecular weight is 378 g/mol. The minimum Gasteiger partial charge on any atom is -0.338 e. The lowest BCUT2D eigenvalue weighted by Gasteiger charge is -2.35. The molecule has 128 valence electrons. The molecule has 0 unspecified atom stereocenters. The standard InChI is InChI=1S/C15H12ClN5O3S/c16-11-3-1-4-12(7-11)25(22,23)21-8-10(9-21)15-19-14(20-24-15)13-17-5-2-6-18-13/h1-7,10H,8-9H2. The predicted octanol–water partition coefficient (Wildman–Crippen LogP) is 1.97. The molecule has 0 N–H and O–H groups in total. The number of sulfonamides is 1. The monoisotopic (exact) mass is 377 g/mol. The molecule has 0 spiro atoms.